The van der Waals surface area contributed by atoms with Crippen molar-refractivity contribution in [3.8, 4) is 11.5 Å². The number of methoxy groups -OCH3 is 2. The van der Waals surface area contributed by atoms with Gasteiger partial charge in [0, 0.05) is 32.0 Å². The van der Waals surface area contributed by atoms with Crippen LogP contribution in [0.4, 0.5) is 11.4 Å². The monoisotopic (exact) mass is 343 g/mol. The number of amides is 1. The first-order valence-corrected chi connectivity index (χ1v) is 8.02. The number of nitrogens with one attached hydrogen (secondary N) is 2. The van der Waals surface area contributed by atoms with Crippen LogP contribution in [0.15, 0.2) is 42.5 Å². The van der Waals surface area contributed by atoms with E-state index in [2.05, 4.69) is 10.6 Å². The summed E-state index contributed by atoms with van der Waals surface area (Å²) in [5, 5.41) is 5.99. The van der Waals surface area contributed by atoms with E-state index in [9.17, 15) is 4.79 Å². The molecule has 0 aliphatic carbocycles. The molecule has 0 saturated carbocycles. The Bertz CT molecular complexity index is 700. The lowest BCUT2D eigenvalue weighted by Crippen LogP contribution is -2.27. The zero-order valence-corrected chi connectivity index (χ0v) is 15.1. The molecule has 0 aliphatic heterocycles. The quantitative estimate of drug-likeness (QED) is 0.771. The highest BCUT2D eigenvalue weighted by Crippen LogP contribution is 2.27. The fraction of sp³-hybridized carbons (Fsp3) is 0.316. The summed E-state index contributed by atoms with van der Waals surface area (Å²) in [6, 6.07) is 13.4. The predicted octanol–water partition coefficient (Wildman–Crippen LogP) is 2.50. The van der Waals surface area contributed by atoms with Crippen LogP contribution in [-0.2, 0) is 11.3 Å². The van der Waals surface area contributed by atoms with Crippen LogP contribution in [0.1, 0.15) is 5.56 Å². The van der Waals surface area contributed by atoms with Gasteiger partial charge in [-0.15, -0.1) is 0 Å². The van der Waals surface area contributed by atoms with E-state index in [0.717, 1.165) is 16.9 Å². The number of anilines is 2. The topological polar surface area (TPSA) is 62.8 Å². The van der Waals surface area contributed by atoms with Crippen LogP contribution >= 0.6 is 0 Å². The maximum Gasteiger partial charge on any atom is 0.238 e. The standard InChI is InChI=1S/C19H25N3O3/c1-22(2)16-8-6-15(7-9-16)21-19(23)13-20-12-14-5-10-17(24-3)18(11-14)25-4/h5-11,20H,12-13H2,1-4H3,(H,21,23). The lowest BCUT2D eigenvalue weighted by Gasteiger charge is -2.13. The third-order valence-electron chi connectivity index (χ3n) is 3.73. The molecule has 25 heavy (non-hydrogen) atoms. The molecule has 2 N–H and O–H groups in total. The molecule has 6 heteroatoms. The minimum absolute atomic E-state index is 0.0851. The predicted molar refractivity (Wildman–Crippen MR) is 101 cm³/mol. The van der Waals surface area contributed by atoms with Crippen LogP contribution < -0.4 is 25.0 Å². The van der Waals surface area contributed by atoms with Gasteiger partial charge in [-0.05, 0) is 42.0 Å². The molecule has 0 spiro atoms. The second-order valence-electron chi connectivity index (χ2n) is 5.78. The largest absolute Gasteiger partial charge is 0.493 e. The summed E-state index contributed by atoms with van der Waals surface area (Å²) in [6.45, 7) is 0.789. The highest BCUT2D eigenvalue weighted by molar-refractivity contribution is 5.92. The Labute approximate surface area is 148 Å². The number of carbonyl (C=O) groups excluding carboxylic acids is 1. The van der Waals surface area contributed by atoms with E-state index in [0.29, 0.717) is 18.0 Å². The maximum atomic E-state index is 12.0. The summed E-state index contributed by atoms with van der Waals surface area (Å²) < 4.78 is 10.5. The SMILES string of the molecule is COc1ccc(CNCC(=O)Nc2ccc(N(C)C)cc2)cc1OC. The van der Waals surface area contributed by atoms with Crippen molar-refractivity contribution in [3.05, 3.63) is 48.0 Å². The first kappa shape index (κ1) is 18.6. The minimum atomic E-state index is -0.0851. The fourth-order valence-electron chi connectivity index (χ4n) is 2.36. The Balaban J connectivity index is 1.82. The maximum absolute atomic E-state index is 12.0. The second kappa shape index (κ2) is 8.94. The molecule has 2 aromatic carbocycles. The molecule has 0 saturated heterocycles. The van der Waals surface area contributed by atoms with Gasteiger partial charge >= 0.3 is 0 Å². The van der Waals surface area contributed by atoms with Crippen molar-refractivity contribution < 1.29 is 14.3 Å². The lowest BCUT2D eigenvalue weighted by molar-refractivity contribution is -0.115. The van der Waals surface area contributed by atoms with Gasteiger partial charge in [-0.25, -0.2) is 0 Å². The van der Waals surface area contributed by atoms with Crippen molar-refractivity contribution in [1.82, 2.24) is 5.32 Å². The zero-order valence-electron chi connectivity index (χ0n) is 15.1. The summed E-state index contributed by atoms with van der Waals surface area (Å²) in [5.41, 5.74) is 2.88. The van der Waals surface area contributed by atoms with E-state index in [-0.39, 0.29) is 12.5 Å². The van der Waals surface area contributed by atoms with E-state index in [1.54, 1.807) is 14.2 Å². The van der Waals surface area contributed by atoms with Crippen LogP contribution in [0.2, 0.25) is 0 Å². The average Bonchev–Trinajstić information content (AvgIpc) is 2.62. The summed E-state index contributed by atoms with van der Waals surface area (Å²) >= 11 is 0. The number of hydrogen-bond acceptors (Lipinski definition) is 5. The first-order chi connectivity index (χ1) is 12.0. The smallest absolute Gasteiger partial charge is 0.238 e. The molecular formula is C19H25N3O3. The van der Waals surface area contributed by atoms with Crippen molar-refractivity contribution in [2.75, 3.05) is 45.1 Å². The number of benzene rings is 2. The second-order valence-corrected chi connectivity index (χ2v) is 5.78. The molecule has 0 aromatic heterocycles. The van der Waals surface area contributed by atoms with Gasteiger partial charge in [-0.3, -0.25) is 4.79 Å². The molecule has 1 amide bonds. The van der Waals surface area contributed by atoms with Crippen LogP contribution in [0.25, 0.3) is 0 Å². The number of nitrogens with zero attached hydrogens (tertiary/aromatic N) is 1. The Kier molecular flexibility index (Phi) is 6.65. The Morgan fingerprint density at radius 3 is 2.28 bits per heavy atom. The van der Waals surface area contributed by atoms with Crippen molar-refractivity contribution >= 4 is 17.3 Å². The molecule has 0 fully saturated rings. The molecule has 0 unspecified atom stereocenters. The van der Waals surface area contributed by atoms with Crippen molar-refractivity contribution in [2.24, 2.45) is 0 Å². The molecule has 0 radical (unpaired) electrons. The van der Waals surface area contributed by atoms with Gasteiger partial charge in [0.25, 0.3) is 0 Å². The zero-order chi connectivity index (χ0) is 18.2. The van der Waals surface area contributed by atoms with Gasteiger partial charge < -0.3 is 25.0 Å². The molecule has 134 valence electrons. The van der Waals surface area contributed by atoms with Gasteiger partial charge in [0.05, 0.1) is 20.8 Å². The van der Waals surface area contributed by atoms with Gasteiger partial charge in [0.1, 0.15) is 0 Å². The summed E-state index contributed by atoms with van der Waals surface area (Å²) in [7, 11) is 7.16. The molecule has 2 rings (SSSR count). The normalized spacial score (nSPS) is 10.2. The van der Waals surface area contributed by atoms with E-state index in [4.69, 9.17) is 9.47 Å². The van der Waals surface area contributed by atoms with Crippen molar-refractivity contribution in [3.63, 3.8) is 0 Å². The fourth-order valence-corrected chi connectivity index (χ4v) is 2.36. The van der Waals surface area contributed by atoms with Gasteiger partial charge in [0.15, 0.2) is 11.5 Å². The van der Waals surface area contributed by atoms with Gasteiger partial charge in [-0.2, -0.15) is 0 Å². The molecule has 0 aliphatic rings. The highest BCUT2D eigenvalue weighted by atomic mass is 16.5. The highest BCUT2D eigenvalue weighted by Gasteiger charge is 2.06. The number of rotatable bonds is 8. The lowest BCUT2D eigenvalue weighted by atomic mass is 10.2. The molecule has 0 heterocycles. The number of ether oxygens (including phenoxy) is 2. The average molecular weight is 343 g/mol. The minimum Gasteiger partial charge on any atom is -0.493 e. The van der Waals surface area contributed by atoms with E-state index in [1.165, 1.54) is 0 Å². The van der Waals surface area contributed by atoms with Crippen molar-refractivity contribution in [1.29, 1.82) is 0 Å². The Hall–Kier alpha value is -2.73. The van der Waals surface area contributed by atoms with Crippen molar-refractivity contribution in [2.45, 2.75) is 6.54 Å². The summed E-state index contributed by atoms with van der Waals surface area (Å²) in [4.78, 5) is 14.0. The third-order valence-corrected chi connectivity index (χ3v) is 3.73. The van der Waals surface area contributed by atoms with E-state index < -0.39 is 0 Å². The van der Waals surface area contributed by atoms with E-state index in [1.807, 2.05) is 61.5 Å². The van der Waals surface area contributed by atoms with Gasteiger partial charge in [0.2, 0.25) is 5.91 Å². The Morgan fingerprint density at radius 1 is 1.00 bits per heavy atom. The van der Waals surface area contributed by atoms with Crippen LogP contribution in [0, 0.1) is 0 Å². The van der Waals surface area contributed by atoms with Gasteiger partial charge in [-0.1, -0.05) is 6.07 Å². The van der Waals surface area contributed by atoms with E-state index >= 15 is 0 Å². The number of hydrogen-bond donors (Lipinski definition) is 2. The summed E-state index contributed by atoms with van der Waals surface area (Å²) in [5.74, 6) is 1.27. The van der Waals surface area contributed by atoms with Crippen LogP contribution in [0.5, 0.6) is 11.5 Å². The molecular weight excluding hydrogens is 318 g/mol. The summed E-state index contributed by atoms with van der Waals surface area (Å²) in [6.07, 6.45) is 0. The third kappa shape index (κ3) is 5.39. The molecule has 2 aromatic rings. The Morgan fingerprint density at radius 2 is 1.68 bits per heavy atom. The van der Waals surface area contributed by atoms with Crippen LogP contribution in [-0.4, -0.2) is 40.8 Å². The number of carbonyl (C=O) groups is 1. The molecule has 6 nitrogen and oxygen atoms in total. The first-order valence-electron chi connectivity index (χ1n) is 8.02. The van der Waals surface area contributed by atoms with Crippen LogP contribution in [0.3, 0.4) is 0 Å². The molecule has 0 bridgehead atoms. The molecule has 0 atom stereocenters.